The van der Waals surface area contributed by atoms with Crippen molar-refractivity contribution in [2.24, 2.45) is 0 Å². The lowest BCUT2D eigenvalue weighted by molar-refractivity contribution is 0.0995. The number of nitrogens with zero attached hydrogens (tertiary/aromatic N) is 3. The molecule has 2 heterocycles. The number of para-hydroxylation sites is 1. The van der Waals surface area contributed by atoms with Crippen molar-refractivity contribution < 1.29 is 4.79 Å². The summed E-state index contributed by atoms with van der Waals surface area (Å²) in [6.07, 6.45) is 4.16. The number of nitrogens with one attached hydrogen (secondary N) is 1. The lowest BCUT2D eigenvalue weighted by Gasteiger charge is -2.11. The van der Waals surface area contributed by atoms with Crippen LogP contribution in [0.1, 0.15) is 42.0 Å². The van der Waals surface area contributed by atoms with E-state index in [1.807, 2.05) is 38.1 Å². The molecule has 0 amide bonds. The van der Waals surface area contributed by atoms with Gasteiger partial charge in [0, 0.05) is 28.7 Å². The average molecular weight is 326 g/mol. The highest BCUT2D eigenvalue weighted by molar-refractivity contribution is 8.00. The Morgan fingerprint density at radius 2 is 2.13 bits per heavy atom. The summed E-state index contributed by atoms with van der Waals surface area (Å²) in [6.45, 7) is 3.91. The van der Waals surface area contributed by atoms with Crippen LogP contribution in [0.25, 0.3) is 10.9 Å². The summed E-state index contributed by atoms with van der Waals surface area (Å²) in [4.78, 5) is 16.0. The molecule has 1 aliphatic carbocycles. The molecule has 1 N–H and O–H groups in total. The third kappa shape index (κ3) is 2.57. The molecule has 0 aliphatic heterocycles. The number of Topliss-reactive ketones (excluding diaryl/α,β-unsaturated/α-hetero) is 1. The van der Waals surface area contributed by atoms with Crippen molar-refractivity contribution in [1.82, 2.24) is 19.7 Å². The smallest absolute Gasteiger partial charge is 0.192 e. The number of carbonyl (C=O) groups excluding carboxylic acids is 1. The Kier molecular flexibility index (Phi) is 3.49. The van der Waals surface area contributed by atoms with Crippen LogP contribution in [0.3, 0.4) is 0 Å². The maximum Gasteiger partial charge on any atom is 0.192 e. The Morgan fingerprint density at radius 3 is 2.91 bits per heavy atom. The lowest BCUT2D eigenvalue weighted by atomic mass is 10.1. The second kappa shape index (κ2) is 5.53. The molecule has 6 heteroatoms. The molecule has 1 atom stereocenters. The largest absolute Gasteiger partial charge is 0.360 e. The molecule has 5 nitrogen and oxygen atoms in total. The number of carbonyl (C=O) groups is 1. The van der Waals surface area contributed by atoms with Crippen molar-refractivity contribution in [2.45, 2.75) is 43.1 Å². The van der Waals surface area contributed by atoms with Crippen LogP contribution in [-0.2, 0) is 0 Å². The number of aromatic amines is 1. The Morgan fingerprint density at radius 1 is 1.35 bits per heavy atom. The van der Waals surface area contributed by atoms with E-state index in [1.165, 1.54) is 24.6 Å². The molecule has 0 unspecified atom stereocenters. The summed E-state index contributed by atoms with van der Waals surface area (Å²) < 4.78 is 2.17. The molecular weight excluding hydrogens is 308 g/mol. The Balaban J connectivity index is 1.59. The summed E-state index contributed by atoms with van der Waals surface area (Å²) in [7, 11) is 0. The number of aromatic nitrogens is 4. The minimum absolute atomic E-state index is 0.121. The summed E-state index contributed by atoms with van der Waals surface area (Å²) in [5.74, 6) is 1.05. The Bertz CT molecular complexity index is 878. The number of fused-ring (bicyclic) bond motifs is 1. The van der Waals surface area contributed by atoms with Crippen molar-refractivity contribution in [3.63, 3.8) is 0 Å². The molecule has 0 radical (unpaired) electrons. The van der Waals surface area contributed by atoms with Crippen LogP contribution in [0.15, 0.2) is 35.6 Å². The van der Waals surface area contributed by atoms with E-state index in [0.717, 1.165) is 27.4 Å². The molecular formula is C17H18N4OS. The first-order chi connectivity index (χ1) is 11.1. The van der Waals surface area contributed by atoms with Gasteiger partial charge in [-0.1, -0.05) is 30.0 Å². The zero-order chi connectivity index (χ0) is 16.0. The zero-order valence-electron chi connectivity index (χ0n) is 13.1. The van der Waals surface area contributed by atoms with Gasteiger partial charge >= 0.3 is 0 Å². The van der Waals surface area contributed by atoms with E-state index in [2.05, 4.69) is 19.7 Å². The number of benzene rings is 1. The van der Waals surface area contributed by atoms with Gasteiger partial charge in [-0.2, -0.15) is 0 Å². The van der Waals surface area contributed by atoms with Crippen LogP contribution in [0.5, 0.6) is 0 Å². The van der Waals surface area contributed by atoms with Gasteiger partial charge in [0.05, 0.1) is 5.25 Å². The molecule has 1 fully saturated rings. The van der Waals surface area contributed by atoms with Crippen molar-refractivity contribution in [3.8, 4) is 0 Å². The number of rotatable bonds is 5. The van der Waals surface area contributed by atoms with E-state index >= 15 is 0 Å². The fraction of sp³-hybridized carbons (Fsp3) is 0.353. The minimum Gasteiger partial charge on any atom is -0.360 e. The average Bonchev–Trinajstić information content (AvgIpc) is 3.19. The van der Waals surface area contributed by atoms with Crippen molar-refractivity contribution in [2.75, 3.05) is 0 Å². The van der Waals surface area contributed by atoms with Crippen molar-refractivity contribution >= 4 is 28.4 Å². The highest BCUT2D eigenvalue weighted by atomic mass is 32.2. The topological polar surface area (TPSA) is 63.6 Å². The van der Waals surface area contributed by atoms with Crippen LogP contribution < -0.4 is 0 Å². The molecule has 1 aliphatic rings. The van der Waals surface area contributed by atoms with Gasteiger partial charge < -0.3 is 9.55 Å². The summed E-state index contributed by atoms with van der Waals surface area (Å²) >= 11 is 1.50. The molecule has 0 saturated heterocycles. The van der Waals surface area contributed by atoms with Gasteiger partial charge in [-0.05, 0) is 32.8 Å². The monoisotopic (exact) mass is 326 g/mol. The van der Waals surface area contributed by atoms with Crippen molar-refractivity contribution in [3.05, 3.63) is 41.9 Å². The van der Waals surface area contributed by atoms with Gasteiger partial charge in [0.25, 0.3) is 0 Å². The fourth-order valence-electron chi connectivity index (χ4n) is 2.89. The van der Waals surface area contributed by atoms with Crippen LogP contribution in [-0.4, -0.2) is 30.8 Å². The molecule has 0 bridgehead atoms. The summed E-state index contributed by atoms with van der Waals surface area (Å²) in [5.41, 5.74) is 1.74. The molecule has 1 aromatic carbocycles. The normalized spacial score (nSPS) is 15.9. The molecule has 1 saturated carbocycles. The Hall–Kier alpha value is -2.08. The maximum atomic E-state index is 12.8. The van der Waals surface area contributed by atoms with Gasteiger partial charge in [0.1, 0.15) is 5.82 Å². The Labute approximate surface area is 138 Å². The quantitative estimate of drug-likeness (QED) is 0.573. The number of ketones is 1. The van der Waals surface area contributed by atoms with E-state index in [-0.39, 0.29) is 11.0 Å². The molecule has 4 rings (SSSR count). The van der Waals surface area contributed by atoms with E-state index in [9.17, 15) is 4.79 Å². The standard InChI is InChI=1S/C17H18N4OS/c1-10(23-17-20-19-11(2)21(17)12-7-8-12)16(22)14-9-18-15-6-4-3-5-13(14)15/h3-6,9-10,12,18H,7-8H2,1-2H3/t10-/m1/s1. The number of aryl methyl sites for hydroxylation is 1. The van der Waals surface area contributed by atoms with Gasteiger partial charge in [0.15, 0.2) is 10.9 Å². The van der Waals surface area contributed by atoms with Crippen LogP contribution in [0.4, 0.5) is 0 Å². The molecule has 2 aromatic heterocycles. The summed E-state index contributed by atoms with van der Waals surface area (Å²) in [6, 6.07) is 8.40. The second-order valence-electron chi connectivity index (χ2n) is 6.00. The van der Waals surface area contributed by atoms with Crippen LogP contribution >= 0.6 is 11.8 Å². The number of hydrogen-bond acceptors (Lipinski definition) is 4. The van der Waals surface area contributed by atoms with E-state index in [4.69, 9.17) is 0 Å². The molecule has 118 valence electrons. The number of H-pyrrole nitrogens is 1. The van der Waals surface area contributed by atoms with Crippen molar-refractivity contribution in [1.29, 1.82) is 0 Å². The first-order valence-electron chi connectivity index (χ1n) is 7.83. The second-order valence-corrected chi connectivity index (χ2v) is 7.31. The third-order valence-electron chi connectivity index (χ3n) is 4.25. The highest BCUT2D eigenvalue weighted by Gasteiger charge is 2.30. The fourth-order valence-corrected chi connectivity index (χ4v) is 3.92. The third-order valence-corrected chi connectivity index (χ3v) is 5.31. The predicted molar refractivity (Wildman–Crippen MR) is 91.0 cm³/mol. The highest BCUT2D eigenvalue weighted by Crippen LogP contribution is 2.39. The zero-order valence-corrected chi connectivity index (χ0v) is 13.9. The molecule has 0 spiro atoms. The van der Waals surface area contributed by atoms with Crippen LogP contribution in [0, 0.1) is 6.92 Å². The van der Waals surface area contributed by atoms with Gasteiger partial charge in [-0.3, -0.25) is 4.79 Å². The number of thioether (sulfide) groups is 1. The van der Waals surface area contributed by atoms with Gasteiger partial charge in [-0.15, -0.1) is 10.2 Å². The molecule has 23 heavy (non-hydrogen) atoms. The van der Waals surface area contributed by atoms with Gasteiger partial charge in [-0.25, -0.2) is 0 Å². The summed E-state index contributed by atoms with van der Waals surface area (Å²) in [5, 5.41) is 10.1. The maximum absolute atomic E-state index is 12.8. The minimum atomic E-state index is -0.199. The van der Waals surface area contributed by atoms with E-state index < -0.39 is 0 Å². The van der Waals surface area contributed by atoms with Gasteiger partial charge in [0.2, 0.25) is 0 Å². The first kappa shape index (κ1) is 14.5. The predicted octanol–water partition coefficient (Wildman–Crippen LogP) is 3.77. The molecule has 3 aromatic rings. The van der Waals surface area contributed by atoms with Crippen LogP contribution in [0.2, 0.25) is 0 Å². The first-order valence-corrected chi connectivity index (χ1v) is 8.71. The van der Waals surface area contributed by atoms with E-state index in [0.29, 0.717) is 6.04 Å². The number of hydrogen-bond donors (Lipinski definition) is 1. The van der Waals surface area contributed by atoms with E-state index in [1.54, 1.807) is 6.20 Å². The SMILES string of the molecule is Cc1nnc(S[C@H](C)C(=O)c2c[nH]c3ccccc23)n1C1CC1. The lowest BCUT2D eigenvalue weighted by Crippen LogP contribution is -2.14.